The molecular formula is C24H26F4N2O6. The lowest BCUT2D eigenvalue weighted by atomic mass is 9.77. The van der Waals surface area contributed by atoms with Crippen LogP contribution in [0.2, 0.25) is 0 Å². The molecule has 0 unspecified atom stereocenters. The Bertz CT molecular complexity index is 1100. The number of methoxy groups -OCH3 is 1. The van der Waals surface area contributed by atoms with Crippen LogP contribution in [-0.4, -0.2) is 47.6 Å². The molecule has 2 aromatic rings. The van der Waals surface area contributed by atoms with Crippen LogP contribution in [0, 0.1) is 11.7 Å². The molecule has 1 aliphatic rings. The zero-order chi connectivity index (χ0) is 26.5. The van der Waals surface area contributed by atoms with Crippen LogP contribution in [0.25, 0.3) is 0 Å². The molecule has 0 aliphatic heterocycles. The Kier molecular flexibility index (Phi) is 8.26. The molecule has 1 heterocycles. The van der Waals surface area contributed by atoms with Gasteiger partial charge in [0.15, 0.2) is 5.75 Å². The van der Waals surface area contributed by atoms with Gasteiger partial charge in [0.25, 0.3) is 11.8 Å². The van der Waals surface area contributed by atoms with Crippen molar-refractivity contribution in [2.45, 2.75) is 50.9 Å². The Hall–Kier alpha value is -3.57. The highest BCUT2D eigenvalue weighted by Gasteiger charge is 2.42. The zero-order valence-corrected chi connectivity index (χ0v) is 19.7. The van der Waals surface area contributed by atoms with E-state index in [1.807, 2.05) is 6.92 Å². The first-order chi connectivity index (χ1) is 16.9. The van der Waals surface area contributed by atoms with Crippen molar-refractivity contribution in [1.29, 1.82) is 0 Å². The Labute approximate surface area is 204 Å². The second-order valence-corrected chi connectivity index (χ2v) is 8.65. The number of hydrogen-bond donors (Lipinski definition) is 2. The van der Waals surface area contributed by atoms with E-state index in [9.17, 15) is 32.3 Å². The monoisotopic (exact) mass is 514 g/mol. The van der Waals surface area contributed by atoms with E-state index in [2.05, 4.69) is 15.0 Å². The molecule has 8 nitrogen and oxygen atoms in total. The number of nitrogens with one attached hydrogen (secondary N) is 1. The summed E-state index contributed by atoms with van der Waals surface area (Å²) in [5, 5.41) is 12.4. The van der Waals surface area contributed by atoms with E-state index < -0.39 is 35.3 Å². The molecule has 1 aromatic heterocycles. The van der Waals surface area contributed by atoms with E-state index in [0.717, 1.165) is 18.2 Å². The lowest BCUT2D eigenvalue weighted by Crippen LogP contribution is -2.56. The molecule has 1 saturated carbocycles. The number of carboxylic acid groups (broad SMARTS) is 1. The van der Waals surface area contributed by atoms with Gasteiger partial charge in [-0.3, -0.25) is 4.79 Å². The van der Waals surface area contributed by atoms with Gasteiger partial charge in [-0.2, -0.15) is 0 Å². The van der Waals surface area contributed by atoms with Crippen LogP contribution in [0.4, 0.5) is 17.6 Å². The van der Waals surface area contributed by atoms with Crippen molar-refractivity contribution >= 4 is 11.9 Å². The standard InChI is InChI=1S/C24H26F4N2O6/c1-14-5-8-23(9-6-14,22(32)33)30-20(31)16-12-19(21(34-2)29-13-16)35-10-7-15-11-17(3-4-18(15)25)36-24(26,27)28/h3-4,11-14H,5-10H2,1-2H3,(H,30,31)(H,32,33)/t14-,23-. The first-order valence-electron chi connectivity index (χ1n) is 11.2. The average Bonchev–Trinajstić information content (AvgIpc) is 2.81. The van der Waals surface area contributed by atoms with Crippen LogP contribution >= 0.6 is 0 Å². The van der Waals surface area contributed by atoms with Crippen LogP contribution < -0.4 is 19.5 Å². The molecule has 0 bridgehead atoms. The summed E-state index contributed by atoms with van der Waals surface area (Å²) in [4.78, 5) is 28.8. The van der Waals surface area contributed by atoms with E-state index in [1.165, 1.54) is 19.4 Å². The maximum Gasteiger partial charge on any atom is 0.573 e. The third-order valence-electron chi connectivity index (χ3n) is 6.04. The van der Waals surface area contributed by atoms with Crippen molar-refractivity contribution < 1.29 is 46.5 Å². The maximum atomic E-state index is 14.1. The average molecular weight is 514 g/mol. The number of halogens is 4. The normalized spacial score (nSPS) is 19.9. The molecule has 0 radical (unpaired) electrons. The molecular weight excluding hydrogens is 488 g/mol. The number of nitrogens with zero attached hydrogens (tertiary/aromatic N) is 1. The number of amides is 1. The quantitative estimate of drug-likeness (QED) is 0.474. The van der Waals surface area contributed by atoms with Gasteiger partial charge in [0.1, 0.15) is 17.1 Å². The number of carbonyl (C=O) groups is 2. The van der Waals surface area contributed by atoms with Crippen molar-refractivity contribution in [3.8, 4) is 17.4 Å². The molecule has 1 amide bonds. The molecule has 12 heteroatoms. The lowest BCUT2D eigenvalue weighted by molar-refractivity contribution is -0.274. The first kappa shape index (κ1) is 27.0. The highest BCUT2D eigenvalue weighted by Crippen LogP contribution is 2.33. The molecule has 2 N–H and O–H groups in total. The lowest BCUT2D eigenvalue weighted by Gasteiger charge is -2.36. The van der Waals surface area contributed by atoms with Crippen molar-refractivity contribution in [1.82, 2.24) is 10.3 Å². The minimum atomic E-state index is -4.92. The Balaban J connectivity index is 1.71. The molecule has 0 spiro atoms. The third-order valence-corrected chi connectivity index (χ3v) is 6.04. The molecule has 0 atom stereocenters. The van der Waals surface area contributed by atoms with E-state index in [4.69, 9.17) is 9.47 Å². The van der Waals surface area contributed by atoms with Crippen molar-refractivity contribution in [3.63, 3.8) is 0 Å². The SMILES string of the molecule is COc1ncc(C(=O)N[C@]2(C(=O)O)CC[C@@H](C)CC2)cc1OCCc1cc(OC(F)(F)F)ccc1F. The summed E-state index contributed by atoms with van der Waals surface area (Å²) in [7, 11) is 1.31. The van der Waals surface area contributed by atoms with Crippen LogP contribution in [0.5, 0.6) is 17.4 Å². The molecule has 1 aromatic carbocycles. The maximum absolute atomic E-state index is 14.1. The number of aliphatic carboxylic acids is 1. The molecule has 1 fully saturated rings. The second-order valence-electron chi connectivity index (χ2n) is 8.65. The summed E-state index contributed by atoms with van der Waals surface area (Å²) in [5.74, 6) is -2.68. The van der Waals surface area contributed by atoms with E-state index in [0.29, 0.717) is 31.6 Å². The van der Waals surface area contributed by atoms with E-state index in [-0.39, 0.29) is 35.8 Å². The van der Waals surface area contributed by atoms with E-state index in [1.54, 1.807) is 0 Å². The summed E-state index contributed by atoms with van der Waals surface area (Å²) in [6, 6.07) is 3.94. The predicted molar refractivity (Wildman–Crippen MR) is 119 cm³/mol. The minimum Gasteiger partial charge on any atom is -0.488 e. The second kappa shape index (κ2) is 11.0. The molecule has 36 heavy (non-hydrogen) atoms. The topological polar surface area (TPSA) is 107 Å². The van der Waals surface area contributed by atoms with Crippen LogP contribution in [0.1, 0.15) is 48.5 Å². The van der Waals surface area contributed by atoms with Gasteiger partial charge in [0, 0.05) is 18.7 Å². The number of ether oxygens (including phenoxy) is 3. The fourth-order valence-corrected chi connectivity index (χ4v) is 3.96. The van der Waals surface area contributed by atoms with Gasteiger partial charge in [-0.05, 0) is 55.4 Å². The summed E-state index contributed by atoms with van der Waals surface area (Å²) in [6.45, 7) is 1.84. The number of hydrogen-bond acceptors (Lipinski definition) is 6. The van der Waals surface area contributed by atoms with Gasteiger partial charge in [-0.15, -0.1) is 13.2 Å². The van der Waals surface area contributed by atoms with E-state index >= 15 is 0 Å². The molecule has 3 rings (SSSR count). The van der Waals surface area contributed by atoms with Crippen molar-refractivity contribution in [2.24, 2.45) is 5.92 Å². The molecule has 1 aliphatic carbocycles. The van der Waals surface area contributed by atoms with Crippen molar-refractivity contribution in [3.05, 3.63) is 47.4 Å². The fourth-order valence-electron chi connectivity index (χ4n) is 3.96. The van der Waals surface area contributed by atoms with Gasteiger partial charge >= 0.3 is 12.3 Å². The number of carbonyl (C=O) groups excluding carboxylic acids is 1. The number of aromatic nitrogens is 1. The molecule has 196 valence electrons. The van der Waals surface area contributed by atoms with Gasteiger partial charge in [-0.1, -0.05) is 6.92 Å². The zero-order valence-electron chi connectivity index (χ0n) is 19.7. The largest absolute Gasteiger partial charge is 0.573 e. The summed E-state index contributed by atoms with van der Waals surface area (Å²) < 4.78 is 65.9. The number of pyridine rings is 1. The van der Waals surface area contributed by atoms with Crippen LogP contribution in [-0.2, 0) is 11.2 Å². The van der Waals surface area contributed by atoms with Gasteiger partial charge in [0.05, 0.1) is 19.3 Å². The predicted octanol–water partition coefficient (Wildman–Crippen LogP) is 4.51. The summed E-state index contributed by atoms with van der Waals surface area (Å²) >= 11 is 0. The fraction of sp³-hybridized carbons (Fsp3) is 0.458. The number of alkyl halides is 3. The Morgan fingerprint density at radius 2 is 1.92 bits per heavy atom. The Morgan fingerprint density at radius 3 is 2.53 bits per heavy atom. The van der Waals surface area contributed by atoms with Gasteiger partial charge in [0.2, 0.25) is 0 Å². The third kappa shape index (κ3) is 6.76. The highest BCUT2D eigenvalue weighted by molar-refractivity contribution is 5.98. The smallest absolute Gasteiger partial charge is 0.488 e. The number of benzene rings is 1. The van der Waals surface area contributed by atoms with Crippen LogP contribution in [0.15, 0.2) is 30.5 Å². The molecule has 0 saturated heterocycles. The highest BCUT2D eigenvalue weighted by atomic mass is 19.4. The number of carboxylic acids is 1. The Morgan fingerprint density at radius 1 is 1.22 bits per heavy atom. The number of rotatable bonds is 9. The van der Waals surface area contributed by atoms with Crippen molar-refractivity contribution in [2.75, 3.05) is 13.7 Å². The summed E-state index contributed by atoms with van der Waals surface area (Å²) in [5.41, 5.74) is -1.43. The van der Waals surface area contributed by atoms with Crippen LogP contribution in [0.3, 0.4) is 0 Å². The summed E-state index contributed by atoms with van der Waals surface area (Å²) in [6.07, 6.45) is -1.92. The van der Waals surface area contributed by atoms with Gasteiger partial charge in [-0.25, -0.2) is 14.2 Å². The first-order valence-corrected chi connectivity index (χ1v) is 11.2. The van der Waals surface area contributed by atoms with Gasteiger partial charge < -0.3 is 24.6 Å². The minimum absolute atomic E-state index is 0.0145.